The minimum Gasteiger partial charge on any atom is -0.443 e. The van der Waals surface area contributed by atoms with E-state index in [1.807, 2.05) is 0 Å². The van der Waals surface area contributed by atoms with Crippen molar-refractivity contribution in [2.75, 3.05) is 11.5 Å². The number of hydrogen-bond acceptors (Lipinski definition) is 9. The fourth-order valence-electron chi connectivity index (χ4n) is 4.53. The van der Waals surface area contributed by atoms with Crippen LogP contribution in [0.4, 0.5) is 16.3 Å². The Kier molecular flexibility index (Phi) is 11.4. The van der Waals surface area contributed by atoms with Crippen LogP contribution in [0.3, 0.4) is 0 Å². The van der Waals surface area contributed by atoms with Crippen molar-refractivity contribution in [2.45, 2.75) is 136 Å². The first-order valence-corrected chi connectivity index (χ1v) is 21.9. The molecule has 12 nitrogen and oxygen atoms in total. The van der Waals surface area contributed by atoms with E-state index in [0.29, 0.717) is 13.0 Å². The van der Waals surface area contributed by atoms with E-state index in [0.717, 1.165) is 4.90 Å². The molecule has 1 aliphatic heterocycles. The number of para-hydroxylation sites is 1. The standard InChI is InChI=1S/C33H54N4O8Si2/c1-31(2,3)44-30(39)36(21-23-16-14-15-17-24(23)37(40)41)27-18-19-35(29(38)34-27)28-20-25(45-47(12,13)33(7,8)9)26(43-28)22-42-46(10,11)32(4,5)6/h14-19,25-26,28H,20-22H2,1-13H3/t25-,26+,28+/m0/s1. The molecule has 1 aliphatic rings. The molecule has 262 valence electrons. The summed E-state index contributed by atoms with van der Waals surface area (Å²) in [5.41, 5.74) is -1.39. The Bertz CT molecular complexity index is 1490. The summed E-state index contributed by atoms with van der Waals surface area (Å²) in [5, 5.41) is 11.7. The second-order valence-electron chi connectivity index (χ2n) is 16.3. The van der Waals surface area contributed by atoms with Crippen LogP contribution in [0.15, 0.2) is 41.3 Å². The summed E-state index contributed by atoms with van der Waals surface area (Å²) in [4.78, 5) is 43.5. The zero-order chi connectivity index (χ0) is 35.8. The molecule has 14 heteroatoms. The van der Waals surface area contributed by atoms with Crippen molar-refractivity contribution in [3.8, 4) is 0 Å². The maximum atomic E-state index is 13.6. The summed E-state index contributed by atoms with van der Waals surface area (Å²) >= 11 is 0. The van der Waals surface area contributed by atoms with E-state index in [9.17, 15) is 19.7 Å². The van der Waals surface area contributed by atoms with Gasteiger partial charge in [0.15, 0.2) is 16.6 Å². The summed E-state index contributed by atoms with van der Waals surface area (Å²) < 4.78 is 26.9. The predicted molar refractivity (Wildman–Crippen MR) is 188 cm³/mol. The van der Waals surface area contributed by atoms with Crippen molar-refractivity contribution in [1.82, 2.24) is 9.55 Å². The fraction of sp³-hybridized carbons (Fsp3) is 0.667. The van der Waals surface area contributed by atoms with Crippen LogP contribution in [0.1, 0.15) is 80.5 Å². The van der Waals surface area contributed by atoms with E-state index in [-0.39, 0.29) is 39.8 Å². The first kappa shape index (κ1) is 38.5. The summed E-state index contributed by atoms with van der Waals surface area (Å²) in [6.07, 6.45) is -0.196. The highest BCUT2D eigenvalue weighted by atomic mass is 28.4. The van der Waals surface area contributed by atoms with Crippen LogP contribution < -0.4 is 10.6 Å². The molecule has 1 fully saturated rings. The quantitative estimate of drug-likeness (QED) is 0.139. The fourth-order valence-corrected chi connectivity index (χ4v) is 6.90. The minimum atomic E-state index is -2.21. The van der Waals surface area contributed by atoms with Crippen LogP contribution in [0.2, 0.25) is 36.3 Å². The van der Waals surface area contributed by atoms with Crippen LogP contribution >= 0.6 is 0 Å². The smallest absolute Gasteiger partial charge is 0.416 e. The third kappa shape index (κ3) is 9.59. The Hall–Kier alpha value is -2.92. The van der Waals surface area contributed by atoms with Crippen molar-refractivity contribution >= 4 is 34.2 Å². The van der Waals surface area contributed by atoms with Crippen molar-refractivity contribution in [1.29, 1.82) is 0 Å². The second kappa shape index (κ2) is 13.9. The van der Waals surface area contributed by atoms with Crippen molar-refractivity contribution in [2.24, 2.45) is 0 Å². The van der Waals surface area contributed by atoms with Crippen LogP contribution in [0.25, 0.3) is 0 Å². The molecule has 1 amide bonds. The van der Waals surface area contributed by atoms with E-state index in [1.165, 1.54) is 22.9 Å². The molecule has 3 rings (SSSR count). The average molecular weight is 691 g/mol. The van der Waals surface area contributed by atoms with E-state index >= 15 is 0 Å². The minimum absolute atomic E-state index is 0.00327. The van der Waals surface area contributed by atoms with Gasteiger partial charge < -0.3 is 18.3 Å². The third-order valence-corrected chi connectivity index (χ3v) is 18.4. The topological polar surface area (TPSA) is 135 Å². The number of ether oxygens (including phenoxy) is 2. The lowest BCUT2D eigenvalue weighted by atomic mass is 10.1. The van der Waals surface area contributed by atoms with E-state index in [4.69, 9.17) is 18.3 Å². The monoisotopic (exact) mass is 690 g/mol. The number of carbonyl (C=O) groups excluding carboxylic acids is 1. The van der Waals surface area contributed by atoms with Gasteiger partial charge in [0.25, 0.3) is 5.69 Å². The van der Waals surface area contributed by atoms with Gasteiger partial charge in [0.1, 0.15) is 23.8 Å². The van der Waals surface area contributed by atoms with Gasteiger partial charge >= 0.3 is 11.8 Å². The highest BCUT2D eigenvalue weighted by Crippen LogP contribution is 2.42. The van der Waals surface area contributed by atoms with Crippen LogP contribution in [0.5, 0.6) is 0 Å². The lowest BCUT2D eigenvalue weighted by Crippen LogP contribution is -2.48. The lowest BCUT2D eigenvalue weighted by molar-refractivity contribution is -0.385. The zero-order valence-corrected chi connectivity index (χ0v) is 32.4. The molecule has 0 aliphatic carbocycles. The second-order valence-corrected chi connectivity index (χ2v) is 25.8. The number of benzene rings is 1. The highest BCUT2D eigenvalue weighted by molar-refractivity contribution is 6.74. The van der Waals surface area contributed by atoms with Crippen molar-refractivity contribution in [3.63, 3.8) is 0 Å². The summed E-state index contributed by atoms with van der Waals surface area (Å²) in [5.74, 6) is 0.00327. The lowest BCUT2D eigenvalue weighted by Gasteiger charge is -2.40. The molecule has 0 unspecified atom stereocenters. The van der Waals surface area contributed by atoms with Gasteiger partial charge in [-0.2, -0.15) is 4.98 Å². The number of amides is 1. The molecule has 47 heavy (non-hydrogen) atoms. The number of rotatable bonds is 10. The number of aromatic nitrogens is 2. The molecule has 1 aromatic heterocycles. The number of carbonyl (C=O) groups is 1. The summed E-state index contributed by atoms with van der Waals surface area (Å²) in [6.45, 7) is 27.1. The van der Waals surface area contributed by atoms with Gasteiger partial charge in [-0.05, 0) is 63.1 Å². The molecule has 2 heterocycles. The van der Waals surface area contributed by atoms with Gasteiger partial charge in [-0.25, -0.2) is 9.59 Å². The van der Waals surface area contributed by atoms with Gasteiger partial charge in [0.2, 0.25) is 0 Å². The molecule has 0 spiro atoms. The van der Waals surface area contributed by atoms with Crippen LogP contribution in [-0.4, -0.2) is 61.6 Å². The van der Waals surface area contributed by atoms with Crippen molar-refractivity contribution in [3.05, 3.63) is 62.7 Å². The van der Waals surface area contributed by atoms with E-state index in [1.54, 1.807) is 39.0 Å². The number of anilines is 1. The highest BCUT2D eigenvalue weighted by Gasteiger charge is 2.47. The molecule has 1 aromatic carbocycles. The van der Waals surface area contributed by atoms with E-state index < -0.39 is 51.3 Å². The number of hydrogen-bond donors (Lipinski definition) is 0. The first-order valence-electron chi connectivity index (χ1n) is 16.1. The Morgan fingerprint density at radius 3 is 2.15 bits per heavy atom. The maximum absolute atomic E-state index is 13.6. The number of nitrogens with zero attached hydrogens (tertiary/aromatic N) is 4. The molecule has 3 atom stereocenters. The Morgan fingerprint density at radius 1 is 1.02 bits per heavy atom. The molecule has 0 radical (unpaired) electrons. The Balaban J connectivity index is 1.97. The summed E-state index contributed by atoms with van der Waals surface area (Å²) in [6, 6.07) is 7.63. The SMILES string of the molecule is CC(C)(C)OC(=O)N(Cc1ccccc1[N+](=O)[O-])c1ccn([C@H]2C[C@H](O[Si](C)(C)C(C)(C)C)[C@@H](CO[Si](C)(C)C(C)(C)C)O2)c(=O)n1. The van der Waals surface area contributed by atoms with E-state index in [2.05, 4.69) is 72.7 Å². The predicted octanol–water partition coefficient (Wildman–Crippen LogP) is 7.79. The maximum Gasteiger partial charge on any atom is 0.416 e. The third-order valence-electron chi connectivity index (χ3n) is 9.38. The molecule has 0 bridgehead atoms. The first-order chi connectivity index (χ1) is 21.3. The van der Waals surface area contributed by atoms with Crippen LogP contribution in [0, 0.1) is 10.1 Å². The Labute approximate surface area is 281 Å². The van der Waals surface area contributed by atoms with Gasteiger partial charge in [-0.3, -0.25) is 19.6 Å². The average Bonchev–Trinajstić information content (AvgIpc) is 3.29. The van der Waals surface area contributed by atoms with Crippen LogP contribution in [-0.2, 0) is 24.9 Å². The number of nitro benzene ring substituents is 1. The van der Waals surface area contributed by atoms with Crippen molar-refractivity contribution < 1.29 is 28.0 Å². The van der Waals surface area contributed by atoms with Gasteiger partial charge in [-0.1, -0.05) is 59.7 Å². The molecular weight excluding hydrogens is 637 g/mol. The zero-order valence-electron chi connectivity index (χ0n) is 30.4. The molecule has 1 saturated heterocycles. The van der Waals surface area contributed by atoms with Gasteiger partial charge in [0.05, 0.1) is 24.2 Å². The summed E-state index contributed by atoms with van der Waals surface area (Å²) in [7, 11) is -4.30. The normalized spacial score (nSPS) is 19.5. The van der Waals surface area contributed by atoms with Gasteiger partial charge in [-0.15, -0.1) is 0 Å². The molecular formula is C33H54N4O8Si2. The molecule has 0 saturated carbocycles. The molecule has 2 aromatic rings. The molecule has 0 N–H and O–H groups in total. The van der Waals surface area contributed by atoms with Gasteiger partial charge in [0, 0.05) is 24.2 Å². The number of nitro groups is 1. The largest absolute Gasteiger partial charge is 0.443 e. The Morgan fingerprint density at radius 2 is 1.62 bits per heavy atom.